The third-order valence-corrected chi connectivity index (χ3v) is 5.43. The molecule has 0 fully saturated rings. The van der Waals surface area contributed by atoms with Crippen LogP contribution in [0.25, 0.3) is 22.0 Å². The Balaban J connectivity index is 1.64. The van der Waals surface area contributed by atoms with E-state index in [2.05, 4.69) is 50.2 Å². The van der Waals surface area contributed by atoms with Gasteiger partial charge in [0.05, 0.1) is 0 Å². The van der Waals surface area contributed by atoms with Gasteiger partial charge in [-0.05, 0) is 41.8 Å². The van der Waals surface area contributed by atoms with E-state index in [0.717, 1.165) is 23.2 Å². The Labute approximate surface area is 156 Å². The zero-order chi connectivity index (χ0) is 18.4. The molecule has 0 spiro atoms. The Morgan fingerprint density at radius 3 is 2.81 bits per heavy atom. The summed E-state index contributed by atoms with van der Waals surface area (Å²) in [7, 11) is 2.04. The second-order valence-corrected chi connectivity index (χ2v) is 7.20. The Morgan fingerprint density at radius 2 is 1.96 bits per heavy atom. The minimum absolute atomic E-state index is 0.147. The van der Waals surface area contributed by atoms with E-state index < -0.39 is 0 Å². The molecule has 1 atom stereocenters. The van der Waals surface area contributed by atoms with Crippen molar-refractivity contribution in [2.45, 2.75) is 12.5 Å². The topological polar surface area (TPSA) is 44.8 Å². The largest absolute Gasteiger partial charge is 0.361 e. The van der Waals surface area contributed by atoms with Crippen LogP contribution in [0.4, 0.5) is 4.39 Å². The fourth-order valence-corrected chi connectivity index (χ4v) is 4.10. The number of aromatic amines is 1. The highest BCUT2D eigenvalue weighted by Crippen LogP contribution is 2.38. The number of halogens is 1. The first-order valence-electron chi connectivity index (χ1n) is 9.03. The van der Waals surface area contributed by atoms with Gasteiger partial charge in [-0.25, -0.2) is 14.4 Å². The van der Waals surface area contributed by atoms with E-state index in [1.165, 1.54) is 17.3 Å². The van der Waals surface area contributed by atoms with Crippen molar-refractivity contribution in [3.8, 4) is 11.1 Å². The maximum absolute atomic E-state index is 15.4. The summed E-state index contributed by atoms with van der Waals surface area (Å²) in [5.74, 6) is -0.0183. The lowest BCUT2D eigenvalue weighted by molar-refractivity contribution is 0.289. The zero-order valence-corrected chi connectivity index (χ0v) is 15.0. The van der Waals surface area contributed by atoms with Crippen LogP contribution in [0.15, 0.2) is 61.3 Å². The van der Waals surface area contributed by atoms with Crippen LogP contribution in [-0.4, -0.2) is 33.4 Å². The molecule has 1 aliphatic rings. The molecule has 1 aliphatic heterocycles. The molecule has 5 rings (SSSR count). The lowest BCUT2D eigenvalue weighted by Gasteiger charge is -2.33. The van der Waals surface area contributed by atoms with Gasteiger partial charge in [-0.15, -0.1) is 0 Å². The second-order valence-electron chi connectivity index (χ2n) is 7.20. The van der Waals surface area contributed by atoms with Gasteiger partial charge in [-0.2, -0.15) is 0 Å². The number of nitrogens with zero attached hydrogens (tertiary/aromatic N) is 3. The van der Waals surface area contributed by atoms with Crippen molar-refractivity contribution in [2.24, 2.45) is 0 Å². The third kappa shape index (κ3) is 2.71. The van der Waals surface area contributed by atoms with Crippen molar-refractivity contribution >= 4 is 10.9 Å². The van der Waals surface area contributed by atoms with Crippen LogP contribution in [0.3, 0.4) is 0 Å². The van der Waals surface area contributed by atoms with Crippen LogP contribution in [0.1, 0.15) is 22.6 Å². The molecule has 4 nitrogen and oxygen atoms in total. The zero-order valence-electron chi connectivity index (χ0n) is 15.0. The van der Waals surface area contributed by atoms with Crippen molar-refractivity contribution < 1.29 is 4.39 Å². The highest BCUT2D eigenvalue weighted by molar-refractivity contribution is 5.80. The van der Waals surface area contributed by atoms with Crippen LogP contribution in [0, 0.1) is 5.82 Å². The van der Waals surface area contributed by atoms with Crippen LogP contribution in [-0.2, 0) is 6.54 Å². The fraction of sp³-hybridized carbons (Fsp3) is 0.182. The predicted molar refractivity (Wildman–Crippen MR) is 104 cm³/mol. The molecule has 27 heavy (non-hydrogen) atoms. The number of H-pyrrole nitrogens is 1. The molecule has 2 aromatic carbocycles. The maximum atomic E-state index is 15.4. The van der Waals surface area contributed by atoms with Crippen LogP contribution in [0.2, 0.25) is 0 Å². The van der Waals surface area contributed by atoms with E-state index in [0.29, 0.717) is 17.7 Å². The minimum atomic E-state index is -0.165. The molecule has 1 N–H and O–H groups in total. The highest BCUT2D eigenvalue weighted by Gasteiger charge is 2.28. The number of hydrogen-bond donors (Lipinski definition) is 1. The quantitative estimate of drug-likeness (QED) is 0.580. The highest BCUT2D eigenvalue weighted by atomic mass is 19.1. The Hall–Kier alpha value is -3.05. The lowest BCUT2D eigenvalue weighted by Crippen LogP contribution is -2.31. The minimum Gasteiger partial charge on any atom is -0.361 e. The molecule has 0 amide bonds. The van der Waals surface area contributed by atoms with Crippen molar-refractivity contribution in [2.75, 3.05) is 13.6 Å². The molecule has 0 saturated heterocycles. The fourth-order valence-electron chi connectivity index (χ4n) is 4.10. The number of hydrogen-bond acceptors (Lipinski definition) is 3. The van der Waals surface area contributed by atoms with E-state index in [1.807, 2.05) is 19.3 Å². The molecule has 2 aromatic heterocycles. The first-order valence-corrected chi connectivity index (χ1v) is 9.03. The first kappa shape index (κ1) is 16.1. The summed E-state index contributed by atoms with van der Waals surface area (Å²) >= 11 is 0. The van der Waals surface area contributed by atoms with Crippen molar-refractivity contribution in [1.29, 1.82) is 0 Å². The van der Waals surface area contributed by atoms with Gasteiger partial charge in [0.25, 0.3) is 0 Å². The second kappa shape index (κ2) is 6.28. The maximum Gasteiger partial charge on any atom is 0.135 e. The van der Waals surface area contributed by atoms with E-state index in [-0.39, 0.29) is 11.7 Å². The number of benzene rings is 2. The molecule has 0 saturated carbocycles. The van der Waals surface area contributed by atoms with Crippen molar-refractivity contribution in [1.82, 2.24) is 19.9 Å². The van der Waals surface area contributed by atoms with Gasteiger partial charge in [0.1, 0.15) is 12.1 Å². The molecule has 0 aliphatic carbocycles. The normalized spacial score (nSPS) is 17.2. The summed E-state index contributed by atoms with van der Waals surface area (Å²) in [6.45, 7) is 1.47. The number of likely N-dealkylation sites (N-methyl/N-ethyl adjacent to an activating group) is 1. The average molecular weight is 358 g/mol. The Bertz CT molecular complexity index is 1120. The summed E-state index contributed by atoms with van der Waals surface area (Å²) in [5.41, 5.74) is 5.44. The van der Waals surface area contributed by atoms with Crippen molar-refractivity contribution in [3.05, 3.63) is 83.8 Å². The summed E-state index contributed by atoms with van der Waals surface area (Å²) in [4.78, 5) is 13.5. The first-order chi connectivity index (χ1) is 13.2. The SMILES string of the molecule is CN1Cc2c(ccc(-c3cncnc3)c2F)C(c2ccc3[nH]ccc3c2)C1. The standard InChI is InChI=1S/C22H19FN4/c1-27-11-19(14-2-5-21-15(8-14)6-7-26-21)18-4-3-17(22(23)20(18)12-27)16-9-24-13-25-10-16/h2-10,13,19,26H,11-12H2,1H3. The molecule has 0 radical (unpaired) electrons. The third-order valence-electron chi connectivity index (χ3n) is 5.43. The van der Waals surface area contributed by atoms with Crippen LogP contribution in [0.5, 0.6) is 0 Å². The van der Waals surface area contributed by atoms with Gasteiger partial charge in [0.15, 0.2) is 0 Å². The van der Waals surface area contributed by atoms with Gasteiger partial charge in [0.2, 0.25) is 0 Å². The number of aromatic nitrogens is 3. The van der Waals surface area contributed by atoms with E-state index in [4.69, 9.17) is 0 Å². The molecular formula is C22H19FN4. The molecule has 3 heterocycles. The molecule has 4 aromatic rings. The van der Waals surface area contributed by atoms with Gasteiger partial charge in [0, 0.05) is 59.8 Å². The Morgan fingerprint density at radius 1 is 1.11 bits per heavy atom. The van der Waals surface area contributed by atoms with Gasteiger partial charge >= 0.3 is 0 Å². The van der Waals surface area contributed by atoms with Gasteiger partial charge in [-0.3, -0.25) is 0 Å². The van der Waals surface area contributed by atoms with Gasteiger partial charge in [-0.1, -0.05) is 18.2 Å². The average Bonchev–Trinajstić information content (AvgIpc) is 3.17. The molecule has 5 heteroatoms. The van der Waals surface area contributed by atoms with E-state index in [1.54, 1.807) is 12.4 Å². The summed E-state index contributed by atoms with van der Waals surface area (Å²) < 4.78 is 15.4. The van der Waals surface area contributed by atoms with E-state index in [9.17, 15) is 0 Å². The summed E-state index contributed by atoms with van der Waals surface area (Å²) in [6, 6.07) is 12.5. The summed E-state index contributed by atoms with van der Waals surface area (Å²) in [5, 5.41) is 1.18. The summed E-state index contributed by atoms with van der Waals surface area (Å²) in [6.07, 6.45) is 6.72. The molecule has 134 valence electrons. The monoisotopic (exact) mass is 358 g/mol. The van der Waals surface area contributed by atoms with Crippen molar-refractivity contribution in [3.63, 3.8) is 0 Å². The predicted octanol–water partition coefficient (Wildman–Crippen LogP) is 4.34. The number of rotatable bonds is 2. The lowest BCUT2D eigenvalue weighted by atomic mass is 9.83. The molecule has 0 bridgehead atoms. The molecule has 1 unspecified atom stereocenters. The van der Waals surface area contributed by atoms with Crippen LogP contribution >= 0.6 is 0 Å². The van der Waals surface area contributed by atoms with E-state index >= 15 is 4.39 Å². The van der Waals surface area contributed by atoms with Crippen LogP contribution < -0.4 is 0 Å². The number of nitrogens with one attached hydrogen (secondary N) is 1. The Kier molecular flexibility index (Phi) is 3.76. The molecular weight excluding hydrogens is 339 g/mol. The number of fused-ring (bicyclic) bond motifs is 2. The van der Waals surface area contributed by atoms with Gasteiger partial charge < -0.3 is 9.88 Å². The smallest absolute Gasteiger partial charge is 0.135 e.